The predicted molar refractivity (Wildman–Crippen MR) is 77.4 cm³/mol. The van der Waals surface area contributed by atoms with Crippen LogP contribution in [0.4, 0.5) is 10.1 Å². The molecule has 2 aliphatic rings. The van der Waals surface area contributed by atoms with Crippen LogP contribution in [0.5, 0.6) is 0 Å². The molecule has 5 heteroatoms. The zero-order valence-corrected chi connectivity index (χ0v) is 12.3. The van der Waals surface area contributed by atoms with Gasteiger partial charge in [-0.2, -0.15) is 0 Å². The molecule has 20 heavy (non-hydrogen) atoms. The Morgan fingerprint density at radius 1 is 1.35 bits per heavy atom. The van der Waals surface area contributed by atoms with E-state index in [1.807, 2.05) is 0 Å². The van der Waals surface area contributed by atoms with Crippen molar-refractivity contribution in [3.8, 4) is 0 Å². The summed E-state index contributed by atoms with van der Waals surface area (Å²) in [7, 11) is -1.18. The van der Waals surface area contributed by atoms with Crippen LogP contribution in [0.15, 0.2) is 23.1 Å². The van der Waals surface area contributed by atoms with E-state index in [2.05, 4.69) is 0 Å². The third-order valence-electron chi connectivity index (χ3n) is 4.45. The van der Waals surface area contributed by atoms with Crippen LogP contribution in [0.1, 0.15) is 38.5 Å². The summed E-state index contributed by atoms with van der Waals surface area (Å²) in [4.78, 5) is 0.562. The molecule has 1 aliphatic heterocycles. The average molecular weight is 297 g/mol. The maximum absolute atomic E-state index is 13.1. The molecule has 2 N–H and O–H groups in total. The molecule has 0 radical (unpaired) electrons. The van der Waals surface area contributed by atoms with Crippen LogP contribution in [0.2, 0.25) is 0 Å². The first kappa shape index (κ1) is 14.0. The van der Waals surface area contributed by atoms with E-state index in [1.54, 1.807) is 6.07 Å². The van der Waals surface area contributed by atoms with Crippen molar-refractivity contribution in [2.24, 2.45) is 0 Å². The molecule has 1 aromatic rings. The van der Waals surface area contributed by atoms with E-state index in [0.717, 1.165) is 25.7 Å². The minimum atomic E-state index is -1.18. The molecule has 1 heterocycles. The van der Waals surface area contributed by atoms with Gasteiger partial charge in [-0.15, -0.1) is 0 Å². The molecule has 1 spiro atoms. The topological polar surface area (TPSA) is 52.3 Å². The van der Waals surface area contributed by atoms with E-state index in [0.29, 0.717) is 11.5 Å². The van der Waals surface area contributed by atoms with E-state index in [4.69, 9.17) is 10.5 Å². The van der Waals surface area contributed by atoms with E-state index in [-0.39, 0.29) is 22.4 Å². The monoisotopic (exact) mass is 297 g/mol. The first-order chi connectivity index (χ1) is 9.60. The zero-order chi connectivity index (χ0) is 14.2. The van der Waals surface area contributed by atoms with Crippen molar-refractivity contribution in [1.82, 2.24) is 0 Å². The minimum absolute atomic E-state index is 0.0621. The fraction of sp³-hybridized carbons (Fsp3) is 0.600. The standard InChI is InChI=1S/C15H20FNO2S/c16-11-3-4-14(13(17)9-11)20(18)12-5-8-19-15(10-12)6-1-2-7-15/h3-4,9,12H,1-2,5-8,10,17H2. The molecule has 2 atom stereocenters. The molecule has 110 valence electrons. The minimum Gasteiger partial charge on any atom is -0.398 e. The third-order valence-corrected chi connectivity index (χ3v) is 6.27. The zero-order valence-electron chi connectivity index (χ0n) is 11.4. The number of nitrogen functional groups attached to an aromatic ring is 1. The second kappa shape index (κ2) is 5.45. The molecule has 0 aromatic heterocycles. The van der Waals surface area contributed by atoms with Gasteiger partial charge >= 0.3 is 0 Å². The summed E-state index contributed by atoms with van der Waals surface area (Å²) in [5.41, 5.74) is 6.03. The van der Waals surface area contributed by atoms with Crippen LogP contribution < -0.4 is 5.73 Å². The number of ether oxygens (including phenoxy) is 1. The van der Waals surface area contributed by atoms with Crippen molar-refractivity contribution >= 4 is 16.5 Å². The Labute approximate surface area is 121 Å². The quantitative estimate of drug-likeness (QED) is 0.854. The Hall–Kier alpha value is -0.940. The predicted octanol–water partition coefficient (Wildman–Crippen LogP) is 3.01. The summed E-state index contributed by atoms with van der Waals surface area (Å²) in [6.07, 6.45) is 6.14. The van der Waals surface area contributed by atoms with Crippen molar-refractivity contribution in [3.63, 3.8) is 0 Å². The molecule has 1 aliphatic carbocycles. The van der Waals surface area contributed by atoms with Crippen LogP contribution in [-0.2, 0) is 15.5 Å². The normalized spacial score (nSPS) is 26.8. The molecule has 0 bridgehead atoms. The summed E-state index contributed by atoms with van der Waals surface area (Å²) in [5.74, 6) is -0.387. The number of nitrogens with two attached hydrogens (primary N) is 1. The number of hydrogen-bond acceptors (Lipinski definition) is 3. The van der Waals surface area contributed by atoms with Crippen LogP contribution in [-0.4, -0.2) is 21.7 Å². The summed E-state index contributed by atoms with van der Waals surface area (Å²) in [5, 5.41) is 0.0645. The molecular formula is C15H20FNO2S. The van der Waals surface area contributed by atoms with Gasteiger partial charge in [-0.1, -0.05) is 12.8 Å². The molecule has 1 saturated carbocycles. The van der Waals surface area contributed by atoms with Gasteiger partial charge < -0.3 is 10.5 Å². The summed E-state index contributed by atoms with van der Waals surface area (Å²) >= 11 is 0. The van der Waals surface area contributed by atoms with Gasteiger partial charge in [0.25, 0.3) is 0 Å². The third kappa shape index (κ3) is 2.61. The maximum Gasteiger partial charge on any atom is 0.125 e. The lowest BCUT2D eigenvalue weighted by Crippen LogP contribution is -2.41. The molecule has 1 saturated heterocycles. The van der Waals surface area contributed by atoms with Crippen LogP contribution >= 0.6 is 0 Å². The Kier molecular flexibility index (Phi) is 3.82. The van der Waals surface area contributed by atoms with Crippen molar-refractivity contribution in [3.05, 3.63) is 24.0 Å². The Bertz CT molecular complexity index is 529. The van der Waals surface area contributed by atoms with E-state index in [1.165, 1.54) is 25.0 Å². The maximum atomic E-state index is 13.1. The Balaban J connectivity index is 1.79. The summed E-state index contributed by atoms with van der Waals surface area (Å²) in [6.45, 7) is 0.664. The Morgan fingerprint density at radius 2 is 2.10 bits per heavy atom. The van der Waals surface area contributed by atoms with Gasteiger partial charge in [-0.25, -0.2) is 4.39 Å². The second-order valence-electron chi connectivity index (χ2n) is 5.83. The van der Waals surface area contributed by atoms with Gasteiger partial charge in [-0.05, 0) is 43.9 Å². The molecule has 3 rings (SSSR count). The number of anilines is 1. The fourth-order valence-corrected chi connectivity index (χ4v) is 5.03. The fourth-order valence-electron chi connectivity index (χ4n) is 3.42. The summed E-state index contributed by atoms with van der Waals surface area (Å²) in [6, 6.07) is 4.13. The highest BCUT2D eigenvalue weighted by molar-refractivity contribution is 7.85. The molecule has 2 fully saturated rings. The second-order valence-corrected chi connectivity index (χ2v) is 7.53. The van der Waals surface area contributed by atoms with Gasteiger partial charge in [0, 0.05) is 11.9 Å². The van der Waals surface area contributed by atoms with Crippen molar-refractivity contribution < 1.29 is 13.3 Å². The average Bonchev–Trinajstić information content (AvgIpc) is 2.86. The van der Waals surface area contributed by atoms with Gasteiger partial charge in [0.1, 0.15) is 5.82 Å². The number of hydrogen-bond donors (Lipinski definition) is 1. The smallest absolute Gasteiger partial charge is 0.125 e. The molecule has 0 amide bonds. The van der Waals surface area contributed by atoms with Crippen molar-refractivity contribution in [1.29, 1.82) is 0 Å². The van der Waals surface area contributed by atoms with Crippen LogP contribution in [0.25, 0.3) is 0 Å². The number of halogens is 1. The molecule has 2 unspecified atom stereocenters. The Morgan fingerprint density at radius 3 is 2.80 bits per heavy atom. The molecule has 3 nitrogen and oxygen atoms in total. The van der Waals surface area contributed by atoms with Gasteiger partial charge in [0.05, 0.1) is 27.0 Å². The highest BCUT2D eigenvalue weighted by Gasteiger charge is 2.41. The number of rotatable bonds is 2. The molecular weight excluding hydrogens is 277 g/mol. The lowest BCUT2D eigenvalue weighted by atomic mass is 9.92. The lowest BCUT2D eigenvalue weighted by molar-refractivity contribution is -0.0708. The van der Waals surface area contributed by atoms with Crippen LogP contribution in [0.3, 0.4) is 0 Å². The van der Waals surface area contributed by atoms with E-state index < -0.39 is 10.8 Å². The van der Waals surface area contributed by atoms with Crippen molar-refractivity contribution in [2.75, 3.05) is 12.3 Å². The van der Waals surface area contributed by atoms with Gasteiger partial charge in [-0.3, -0.25) is 4.21 Å². The van der Waals surface area contributed by atoms with E-state index >= 15 is 0 Å². The highest BCUT2D eigenvalue weighted by atomic mass is 32.2. The first-order valence-corrected chi connectivity index (χ1v) is 8.41. The largest absolute Gasteiger partial charge is 0.398 e. The number of benzene rings is 1. The highest BCUT2D eigenvalue weighted by Crippen LogP contribution is 2.42. The first-order valence-electron chi connectivity index (χ1n) is 7.19. The SMILES string of the molecule is Nc1cc(F)ccc1S(=O)C1CCOC2(CCCC2)C1. The van der Waals surface area contributed by atoms with E-state index in [9.17, 15) is 8.60 Å². The molecule has 1 aromatic carbocycles. The van der Waals surface area contributed by atoms with Gasteiger partial charge in [0.2, 0.25) is 0 Å². The van der Waals surface area contributed by atoms with Gasteiger partial charge in [0.15, 0.2) is 0 Å². The van der Waals surface area contributed by atoms with Crippen molar-refractivity contribution in [2.45, 2.75) is 54.3 Å². The van der Waals surface area contributed by atoms with Crippen LogP contribution in [0, 0.1) is 5.82 Å². The lowest BCUT2D eigenvalue weighted by Gasteiger charge is -2.37. The summed E-state index contributed by atoms with van der Waals surface area (Å²) < 4.78 is 31.8.